The average molecular weight is 349 g/mol. The van der Waals surface area contributed by atoms with Crippen LogP contribution in [0.3, 0.4) is 0 Å². The van der Waals surface area contributed by atoms with Gasteiger partial charge >= 0.3 is 12.0 Å². The number of hydrogen-bond acceptors (Lipinski definition) is 3. The first kappa shape index (κ1) is 20.5. The van der Waals surface area contributed by atoms with Crippen molar-refractivity contribution in [1.29, 1.82) is 0 Å². The number of carboxylic acid groups (broad SMARTS) is 1. The van der Waals surface area contributed by atoms with E-state index < -0.39 is 11.5 Å². The zero-order valence-electron chi connectivity index (χ0n) is 15.0. The summed E-state index contributed by atoms with van der Waals surface area (Å²) in [4.78, 5) is 36.1. The topological polar surface area (TPSA) is 98.7 Å². The van der Waals surface area contributed by atoms with Crippen molar-refractivity contribution >= 4 is 17.9 Å². The molecule has 1 aromatic carbocycles. The molecule has 0 bridgehead atoms. The van der Waals surface area contributed by atoms with Gasteiger partial charge < -0.3 is 20.6 Å². The Labute approximate surface area is 148 Å². The lowest BCUT2D eigenvalue weighted by molar-refractivity contribution is -0.137. The SMILES string of the molecule is CN(Cc1ccccc1)C(=O)NCCC(=O)NC(C)(C)CCC(=O)O. The van der Waals surface area contributed by atoms with E-state index in [-0.39, 0.29) is 31.3 Å². The third-order valence-electron chi connectivity index (χ3n) is 3.68. The van der Waals surface area contributed by atoms with Crippen LogP contribution in [0.1, 0.15) is 38.7 Å². The molecule has 0 aromatic heterocycles. The predicted molar refractivity (Wildman–Crippen MR) is 95.0 cm³/mol. The maximum absolute atomic E-state index is 12.0. The number of carboxylic acids is 1. The number of carbonyl (C=O) groups excluding carboxylic acids is 2. The quantitative estimate of drug-likeness (QED) is 0.635. The third-order valence-corrected chi connectivity index (χ3v) is 3.68. The summed E-state index contributed by atoms with van der Waals surface area (Å²) in [6, 6.07) is 9.38. The fourth-order valence-electron chi connectivity index (χ4n) is 2.27. The number of amides is 3. The number of nitrogens with one attached hydrogen (secondary N) is 2. The monoisotopic (exact) mass is 349 g/mol. The molecular weight excluding hydrogens is 322 g/mol. The van der Waals surface area contributed by atoms with E-state index in [1.165, 1.54) is 0 Å². The molecule has 3 amide bonds. The first-order valence-electron chi connectivity index (χ1n) is 8.25. The van der Waals surface area contributed by atoms with E-state index >= 15 is 0 Å². The summed E-state index contributed by atoms with van der Waals surface area (Å²) < 4.78 is 0. The van der Waals surface area contributed by atoms with Crippen molar-refractivity contribution in [2.75, 3.05) is 13.6 Å². The Morgan fingerprint density at radius 2 is 1.76 bits per heavy atom. The van der Waals surface area contributed by atoms with Crippen LogP contribution in [0.2, 0.25) is 0 Å². The summed E-state index contributed by atoms with van der Waals surface area (Å²) in [5, 5.41) is 14.2. The zero-order chi connectivity index (χ0) is 18.9. The number of urea groups is 1. The van der Waals surface area contributed by atoms with E-state index in [1.54, 1.807) is 25.8 Å². The highest BCUT2D eigenvalue weighted by Gasteiger charge is 2.21. The molecule has 1 aromatic rings. The smallest absolute Gasteiger partial charge is 0.317 e. The molecule has 0 spiro atoms. The average Bonchev–Trinajstić information content (AvgIpc) is 2.53. The molecule has 0 unspecified atom stereocenters. The largest absolute Gasteiger partial charge is 0.481 e. The van der Waals surface area contributed by atoms with Gasteiger partial charge in [-0.15, -0.1) is 0 Å². The second-order valence-corrected chi connectivity index (χ2v) is 6.65. The Morgan fingerprint density at radius 3 is 2.36 bits per heavy atom. The summed E-state index contributed by atoms with van der Waals surface area (Å²) in [6.45, 7) is 4.26. The molecule has 0 radical (unpaired) electrons. The molecule has 138 valence electrons. The molecule has 0 aliphatic heterocycles. The molecule has 0 aliphatic carbocycles. The lowest BCUT2D eigenvalue weighted by Gasteiger charge is -2.25. The molecular formula is C18H27N3O4. The van der Waals surface area contributed by atoms with Gasteiger partial charge in [-0.2, -0.15) is 0 Å². The van der Waals surface area contributed by atoms with E-state index in [9.17, 15) is 14.4 Å². The van der Waals surface area contributed by atoms with Gasteiger partial charge in [0.15, 0.2) is 0 Å². The van der Waals surface area contributed by atoms with Crippen molar-refractivity contribution < 1.29 is 19.5 Å². The molecule has 0 atom stereocenters. The fraction of sp³-hybridized carbons (Fsp3) is 0.500. The molecule has 0 fully saturated rings. The second-order valence-electron chi connectivity index (χ2n) is 6.65. The summed E-state index contributed by atoms with van der Waals surface area (Å²) in [7, 11) is 1.69. The van der Waals surface area contributed by atoms with Crippen LogP contribution in [0.5, 0.6) is 0 Å². The van der Waals surface area contributed by atoms with Crippen molar-refractivity contribution in [2.45, 2.75) is 45.2 Å². The van der Waals surface area contributed by atoms with Crippen LogP contribution in [0.15, 0.2) is 30.3 Å². The van der Waals surface area contributed by atoms with Crippen LogP contribution >= 0.6 is 0 Å². The highest BCUT2D eigenvalue weighted by Crippen LogP contribution is 2.11. The minimum atomic E-state index is -0.893. The Bertz CT molecular complexity index is 587. The van der Waals surface area contributed by atoms with Crippen LogP contribution in [-0.2, 0) is 16.1 Å². The summed E-state index contributed by atoms with van der Waals surface area (Å²) in [5.74, 6) is -1.11. The maximum Gasteiger partial charge on any atom is 0.317 e. The van der Waals surface area contributed by atoms with E-state index in [4.69, 9.17) is 5.11 Å². The lowest BCUT2D eigenvalue weighted by Crippen LogP contribution is -2.45. The van der Waals surface area contributed by atoms with Crippen LogP contribution < -0.4 is 10.6 Å². The normalized spacial score (nSPS) is 10.8. The molecule has 0 saturated heterocycles. The van der Waals surface area contributed by atoms with E-state index in [0.717, 1.165) is 5.56 Å². The van der Waals surface area contributed by atoms with Gasteiger partial charge in [-0.3, -0.25) is 9.59 Å². The number of nitrogens with zero attached hydrogens (tertiary/aromatic N) is 1. The summed E-state index contributed by atoms with van der Waals surface area (Å²) in [6.07, 6.45) is 0.482. The first-order valence-corrected chi connectivity index (χ1v) is 8.25. The molecule has 3 N–H and O–H groups in total. The third kappa shape index (κ3) is 8.74. The van der Waals surface area contributed by atoms with Gasteiger partial charge in [0.05, 0.1) is 0 Å². The number of rotatable bonds is 9. The van der Waals surface area contributed by atoms with Crippen molar-refractivity contribution in [3.05, 3.63) is 35.9 Å². The van der Waals surface area contributed by atoms with Gasteiger partial charge in [-0.25, -0.2) is 4.79 Å². The Balaban J connectivity index is 2.29. The van der Waals surface area contributed by atoms with Crippen LogP contribution in [0, 0.1) is 0 Å². The molecule has 1 rings (SSSR count). The predicted octanol–water partition coefficient (Wildman–Crippen LogP) is 1.98. The molecule has 7 heteroatoms. The second kappa shape index (κ2) is 9.66. The highest BCUT2D eigenvalue weighted by molar-refractivity contribution is 5.78. The van der Waals surface area contributed by atoms with Gasteiger partial charge in [-0.05, 0) is 25.8 Å². The highest BCUT2D eigenvalue weighted by atomic mass is 16.4. The van der Waals surface area contributed by atoms with Gasteiger partial charge in [0.2, 0.25) is 5.91 Å². The number of aliphatic carboxylic acids is 1. The first-order chi connectivity index (χ1) is 11.7. The lowest BCUT2D eigenvalue weighted by atomic mass is 9.98. The summed E-state index contributed by atoms with van der Waals surface area (Å²) in [5.41, 5.74) is 0.432. The zero-order valence-corrected chi connectivity index (χ0v) is 15.0. The molecule has 0 heterocycles. The Kier molecular flexibility index (Phi) is 7.91. The Hall–Kier alpha value is -2.57. The standard InChI is InChI=1S/C18H27N3O4/c1-18(2,11-9-16(23)24)20-15(22)10-12-19-17(25)21(3)13-14-7-5-4-6-8-14/h4-8H,9-13H2,1-3H3,(H,19,25)(H,20,22)(H,23,24). The minimum absolute atomic E-state index is 0.00566. The van der Waals surface area contributed by atoms with E-state index in [0.29, 0.717) is 13.0 Å². The Morgan fingerprint density at radius 1 is 1.12 bits per heavy atom. The number of hydrogen-bond donors (Lipinski definition) is 3. The van der Waals surface area contributed by atoms with Gasteiger partial charge in [-0.1, -0.05) is 30.3 Å². The van der Waals surface area contributed by atoms with Crippen molar-refractivity contribution in [3.8, 4) is 0 Å². The van der Waals surface area contributed by atoms with E-state index in [1.807, 2.05) is 30.3 Å². The fourth-order valence-corrected chi connectivity index (χ4v) is 2.27. The molecule has 0 aliphatic rings. The van der Waals surface area contributed by atoms with Crippen LogP contribution in [0.25, 0.3) is 0 Å². The maximum atomic E-state index is 12.0. The van der Waals surface area contributed by atoms with Crippen LogP contribution in [-0.4, -0.2) is 47.0 Å². The molecule has 25 heavy (non-hydrogen) atoms. The van der Waals surface area contributed by atoms with Crippen molar-refractivity contribution in [3.63, 3.8) is 0 Å². The van der Waals surface area contributed by atoms with Crippen LogP contribution in [0.4, 0.5) is 4.79 Å². The molecule has 7 nitrogen and oxygen atoms in total. The van der Waals surface area contributed by atoms with Crippen molar-refractivity contribution in [1.82, 2.24) is 15.5 Å². The number of carbonyl (C=O) groups is 3. The van der Waals surface area contributed by atoms with E-state index in [2.05, 4.69) is 10.6 Å². The van der Waals surface area contributed by atoms with Crippen molar-refractivity contribution in [2.24, 2.45) is 0 Å². The molecule has 0 saturated carbocycles. The van der Waals surface area contributed by atoms with Gasteiger partial charge in [0, 0.05) is 38.5 Å². The summed E-state index contributed by atoms with van der Waals surface area (Å²) >= 11 is 0. The van der Waals surface area contributed by atoms with Gasteiger partial charge in [0.25, 0.3) is 0 Å². The van der Waals surface area contributed by atoms with Gasteiger partial charge in [0.1, 0.15) is 0 Å². The minimum Gasteiger partial charge on any atom is -0.481 e. The number of benzene rings is 1.